The van der Waals surface area contributed by atoms with Crippen molar-refractivity contribution in [2.45, 2.75) is 30.6 Å². The van der Waals surface area contributed by atoms with E-state index in [0.29, 0.717) is 11.3 Å². The average Bonchev–Trinajstić information content (AvgIpc) is 2.81. The molecule has 2 rings (SSSR count). The molecule has 1 aromatic rings. The first-order valence-electron chi connectivity index (χ1n) is 5.72. The summed E-state index contributed by atoms with van der Waals surface area (Å²) in [4.78, 5) is 0. The summed E-state index contributed by atoms with van der Waals surface area (Å²) in [6.45, 7) is 0. The molecule has 0 bridgehead atoms. The van der Waals surface area contributed by atoms with Crippen molar-refractivity contribution in [3.63, 3.8) is 0 Å². The van der Waals surface area contributed by atoms with Gasteiger partial charge in [-0.25, -0.2) is 0 Å². The summed E-state index contributed by atoms with van der Waals surface area (Å²) in [6, 6.07) is 6.33. The van der Waals surface area contributed by atoms with Crippen LogP contribution >= 0.6 is 39.3 Å². The van der Waals surface area contributed by atoms with Gasteiger partial charge in [-0.1, -0.05) is 33.6 Å². The van der Waals surface area contributed by atoms with Crippen LogP contribution in [0.15, 0.2) is 22.7 Å². The van der Waals surface area contributed by atoms with Gasteiger partial charge in [0, 0.05) is 20.8 Å². The fraction of sp³-hybridized carbons (Fsp3) is 0.500. The number of hydrazine groups is 1. The molecule has 2 unspecified atom stereocenters. The number of nitrogens with two attached hydrogens (primary N) is 1. The van der Waals surface area contributed by atoms with E-state index in [0.717, 1.165) is 21.5 Å². The van der Waals surface area contributed by atoms with Crippen LogP contribution in [0.25, 0.3) is 0 Å². The zero-order valence-electron chi connectivity index (χ0n) is 9.46. The van der Waals surface area contributed by atoms with Crippen LogP contribution in [0.5, 0.6) is 0 Å². The van der Waals surface area contributed by atoms with Crippen LogP contribution in [0.3, 0.4) is 0 Å². The maximum absolute atomic E-state index is 6.23. The molecule has 17 heavy (non-hydrogen) atoms. The van der Waals surface area contributed by atoms with Crippen LogP contribution in [-0.2, 0) is 6.42 Å². The molecule has 1 aliphatic rings. The molecule has 1 aromatic carbocycles. The normalized spacial score (nSPS) is 21.7. The molecule has 0 saturated carbocycles. The zero-order valence-corrected chi connectivity index (χ0v) is 12.6. The maximum atomic E-state index is 6.23. The number of hydrogen-bond acceptors (Lipinski definition) is 3. The quantitative estimate of drug-likeness (QED) is 0.654. The summed E-state index contributed by atoms with van der Waals surface area (Å²) in [7, 11) is 0. The van der Waals surface area contributed by atoms with Gasteiger partial charge < -0.3 is 0 Å². The molecule has 0 aromatic heterocycles. The first-order valence-corrected chi connectivity index (χ1v) is 7.94. The van der Waals surface area contributed by atoms with Gasteiger partial charge in [-0.15, -0.1) is 0 Å². The van der Waals surface area contributed by atoms with Crippen LogP contribution < -0.4 is 11.3 Å². The molecule has 94 valence electrons. The predicted molar refractivity (Wildman–Crippen MR) is 79.4 cm³/mol. The highest BCUT2D eigenvalue weighted by molar-refractivity contribution is 9.10. The van der Waals surface area contributed by atoms with Crippen molar-refractivity contribution >= 4 is 39.3 Å². The van der Waals surface area contributed by atoms with E-state index in [1.807, 2.05) is 23.9 Å². The lowest BCUT2D eigenvalue weighted by Gasteiger charge is -2.22. The fourth-order valence-electron chi connectivity index (χ4n) is 2.14. The second-order valence-corrected chi connectivity index (χ2v) is 6.93. The molecule has 2 nitrogen and oxygen atoms in total. The van der Waals surface area contributed by atoms with Crippen molar-refractivity contribution in [2.24, 2.45) is 5.84 Å². The van der Waals surface area contributed by atoms with Gasteiger partial charge in [0.15, 0.2) is 0 Å². The molecule has 0 radical (unpaired) electrons. The lowest BCUT2D eigenvalue weighted by molar-refractivity contribution is 0.496. The van der Waals surface area contributed by atoms with Crippen LogP contribution in [0.2, 0.25) is 5.02 Å². The van der Waals surface area contributed by atoms with Crippen LogP contribution in [0, 0.1) is 0 Å². The number of nitrogens with one attached hydrogen (secondary N) is 1. The maximum Gasteiger partial charge on any atom is 0.0449 e. The van der Waals surface area contributed by atoms with Gasteiger partial charge in [0.05, 0.1) is 0 Å². The van der Waals surface area contributed by atoms with Gasteiger partial charge in [0.2, 0.25) is 0 Å². The van der Waals surface area contributed by atoms with Crippen molar-refractivity contribution in [3.05, 3.63) is 33.3 Å². The standard InChI is InChI=1S/C12H16BrClN2S/c13-9-4-3-8(10(14)7-9)6-11(16-15)12-2-1-5-17-12/h3-4,7,11-12,16H,1-2,5-6,15H2. The van der Waals surface area contributed by atoms with E-state index < -0.39 is 0 Å². The SMILES string of the molecule is NNC(Cc1ccc(Br)cc1Cl)C1CCCS1. The van der Waals surface area contributed by atoms with Gasteiger partial charge in [0.25, 0.3) is 0 Å². The molecule has 3 N–H and O–H groups in total. The third kappa shape index (κ3) is 3.61. The van der Waals surface area contributed by atoms with E-state index in [-0.39, 0.29) is 0 Å². The minimum Gasteiger partial charge on any atom is -0.271 e. The Kier molecular flexibility index (Phi) is 5.18. The van der Waals surface area contributed by atoms with Gasteiger partial charge in [-0.2, -0.15) is 11.8 Å². The largest absolute Gasteiger partial charge is 0.271 e. The van der Waals surface area contributed by atoms with E-state index in [1.165, 1.54) is 18.6 Å². The third-order valence-electron chi connectivity index (χ3n) is 3.08. The number of benzene rings is 1. The Bertz CT molecular complexity index is 383. The lowest BCUT2D eigenvalue weighted by Crippen LogP contribution is -2.43. The smallest absolute Gasteiger partial charge is 0.0449 e. The molecule has 0 amide bonds. The van der Waals surface area contributed by atoms with Gasteiger partial charge in [-0.3, -0.25) is 11.3 Å². The first kappa shape index (κ1) is 13.7. The van der Waals surface area contributed by atoms with E-state index in [9.17, 15) is 0 Å². The molecule has 2 atom stereocenters. The average molecular weight is 336 g/mol. The highest BCUT2D eigenvalue weighted by Gasteiger charge is 2.25. The Morgan fingerprint density at radius 1 is 1.59 bits per heavy atom. The van der Waals surface area contributed by atoms with E-state index in [4.69, 9.17) is 17.4 Å². The van der Waals surface area contributed by atoms with Crippen molar-refractivity contribution in [3.8, 4) is 0 Å². The molecular formula is C12H16BrClN2S. The second kappa shape index (κ2) is 6.43. The predicted octanol–water partition coefficient (Wildman–Crippen LogP) is 3.37. The molecule has 1 aliphatic heterocycles. The lowest BCUT2D eigenvalue weighted by atomic mass is 10.0. The summed E-state index contributed by atoms with van der Waals surface area (Å²) in [6.07, 6.45) is 3.43. The summed E-state index contributed by atoms with van der Waals surface area (Å²) >= 11 is 11.7. The van der Waals surface area contributed by atoms with E-state index in [1.54, 1.807) is 0 Å². The summed E-state index contributed by atoms with van der Waals surface area (Å²) < 4.78 is 1.01. The first-order chi connectivity index (χ1) is 8.20. The molecular weight excluding hydrogens is 320 g/mol. The van der Waals surface area contributed by atoms with Crippen molar-refractivity contribution in [1.82, 2.24) is 5.43 Å². The zero-order chi connectivity index (χ0) is 12.3. The summed E-state index contributed by atoms with van der Waals surface area (Å²) in [5, 5.41) is 1.42. The topological polar surface area (TPSA) is 38.0 Å². The Labute approximate surface area is 120 Å². The van der Waals surface area contributed by atoms with Gasteiger partial charge in [0.1, 0.15) is 0 Å². The van der Waals surface area contributed by atoms with Crippen molar-refractivity contribution in [1.29, 1.82) is 0 Å². The Morgan fingerprint density at radius 3 is 3.00 bits per heavy atom. The summed E-state index contributed by atoms with van der Waals surface area (Å²) in [5.74, 6) is 6.91. The molecule has 1 fully saturated rings. The Hall–Kier alpha value is 0.260. The molecule has 1 saturated heterocycles. The monoisotopic (exact) mass is 334 g/mol. The van der Waals surface area contributed by atoms with Crippen LogP contribution in [0.1, 0.15) is 18.4 Å². The van der Waals surface area contributed by atoms with Crippen molar-refractivity contribution < 1.29 is 0 Å². The number of rotatable bonds is 4. The Balaban J connectivity index is 2.06. The molecule has 0 aliphatic carbocycles. The molecule has 0 spiro atoms. The van der Waals surface area contributed by atoms with E-state index in [2.05, 4.69) is 27.4 Å². The highest BCUT2D eigenvalue weighted by atomic mass is 79.9. The van der Waals surface area contributed by atoms with Crippen molar-refractivity contribution in [2.75, 3.05) is 5.75 Å². The fourth-order valence-corrected chi connectivity index (χ4v) is 4.27. The number of thioether (sulfide) groups is 1. The second-order valence-electron chi connectivity index (χ2n) is 4.26. The third-order valence-corrected chi connectivity index (χ3v) is 5.44. The number of hydrogen-bond donors (Lipinski definition) is 2. The highest BCUT2D eigenvalue weighted by Crippen LogP contribution is 2.31. The molecule has 5 heteroatoms. The van der Waals surface area contributed by atoms with Crippen LogP contribution in [0.4, 0.5) is 0 Å². The minimum absolute atomic E-state index is 0.307. The van der Waals surface area contributed by atoms with Gasteiger partial charge in [-0.05, 0) is 42.7 Å². The minimum atomic E-state index is 0.307. The Morgan fingerprint density at radius 2 is 2.41 bits per heavy atom. The number of halogens is 2. The van der Waals surface area contributed by atoms with E-state index >= 15 is 0 Å². The van der Waals surface area contributed by atoms with Crippen LogP contribution in [-0.4, -0.2) is 17.0 Å². The van der Waals surface area contributed by atoms with Gasteiger partial charge >= 0.3 is 0 Å². The molecule has 1 heterocycles. The summed E-state index contributed by atoms with van der Waals surface area (Å²) in [5.41, 5.74) is 4.10.